The fraction of sp³-hybridized carbons (Fsp3) is 0.352. The normalized spacial score (nSPS) is 12.7. The summed E-state index contributed by atoms with van der Waals surface area (Å²) in [6.07, 6.45) is 10.4. The van der Waals surface area contributed by atoms with E-state index in [1.165, 1.54) is 25.3 Å². The van der Waals surface area contributed by atoms with Gasteiger partial charge in [0.1, 0.15) is 0 Å². The number of methoxy groups -OCH3 is 1. The molecule has 2 aromatic carbocycles. The minimum atomic E-state index is -0.268. The van der Waals surface area contributed by atoms with Gasteiger partial charge in [0.2, 0.25) is 5.91 Å². The molecule has 10 nitrogen and oxygen atoms in total. The Morgan fingerprint density at radius 2 is 1.20 bits per heavy atom. The zero-order chi connectivity index (χ0) is 45.5. The number of hydrogen-bond acceptors (Lipinski definition) is 7. The van der Waals surface area contributed by atoms with Crippen molar-refractivity contribution >= 4 is 94.3 Å². The number of aromatic amines is 2. The van der Waals surface area contributed by atoms with E-state index in [1.807, 2.05) is 24.3 Å². The van der Waals surface area contributed by atoms with Gasteiger partial charge in [0, 0.05) is 58.1 Å². The quantitative estimate of drug-likeness (QED) is 0.0500. The Balaban J connectivity index is 0.828. The number of H-pyrrole nitrogens is 2. The van der Waals surface area contributed by atoms with E-state index in [1.54, 1.807) is 11.3 Å². The number of aromatic nitrogens is 4. The fourth-order valence-corrected chi connectivity index (χ4v) is 10.0. The van der Waals surface area contributed by atoms with Crippen LogP contribution in [0.25, 0.3) is 65.2 Å². The third kappa shape index (κ3) is 10.6. The molecule has 0 aliphatic carbocycles. The summed E-state index contributed by atoms with van der Waals surface area (Å²) < 4.78 is 6.05. The van der Waals surface area contributed by atoms with Gasteiger partial charge < -0.3 is 25.3 Å². The number of ether oxygens (including phenoxy) is 1. The van der Waals surface area contributed by atoms with E-state index < -0.39 is 0 Å². The van der Waals surface area contributed by atoms with Gasteiger partial charge >= 0.3 is 5.97 Å². The van der Waals surface area contributed by atoms with Crippen molar-refractivity contribution < 1.29 is 19.1 Å². The van der Waals surface area contributed by atoms with Crippen LogP contribution < -0.4 is 10.6 Å². The lowest BCUT2D eigenvalue weighted by molar-refractivity contribution is -0.140. The summed E-state index contributed by atoms with van der Waals surface area (Å²) >= 11 is 1.63. The number of carbonyl (C=O) groups excluding carboxylic acids is 3. The highest BCUT2D eigenvalue weighted by atomic mass is 32.1. The van der Waals surface area contributed by atoms with Crippen molar-refractivity contribution in [3.8, 4) is 0 Å². The molecule has 2 amide bonds. The van der Waals surface area contributed by atoms with E-state index in [9.17, 15) is 14.4 Å². The molecule has 0 fully saturated rings. The van der Waals surface area contributed by atoms with E-state index in [4.69, 9.17) is 14.7 Å². The lowest BCUT2D eigenvalue weighted by Crippen LogP contribution is -2.24. The fourth-order valence-electron chi connectivity index (χ4n) is 9.11. The van der Waals surface area contributed by atoms with Crippen molar-refractivity contribution in [3.05, 3.63) is 118 Å². The molecule has 2 aliphatic heterocycles. The monoisotopic (exact) mass is 888 g/mol. The summed E-state index contributed by atoms with van der Waals surface area (Å²) in [6, 6.07) is 25.0. The summed E-state index contributed by atoms with van der Waals surface area (Å²) in [5, 5.41) is 11.8. The second kappa shape index (κ2) is 20.7. The minimum Gasteiger partial charge on any atom is -0.469 e. The van der Waals surface area contributed by atoms with Crippen LogP contribution in [0, 0.1) is 13.8 Å². The van der Waals surface area contributed by atoms with Crippen molar-refractivity contribution in [3.63, 3.8) is 0 Å². The van der Waals surface area contributed by atoms with Crippen molar-refractivity contribution in [2.45, 2.75) is 105 Å². The highest BCUT2D eigenvalue weighted by molar-refractivity contribution is 7.17. The molecule has 0 atom stereocenters. The number of rotatable bonds is 18. The molecule has 6 heterocycles. The number of nitrogens with one attached hydrogen (secondary N) is 4. The molecule has 11 heteroatoms. The number of thiophene rings is 1. The van der Waals surface area contributed by atoms with Crippen LogP contribution in [0.15, 0.2) is 78.2 Å². The average molecular weight is 889 g/mol. The Morgan fingerprint density at radius 1 is 0.615 bits per heavy atom. The van der Waals surface area contributed by atoms with Gasteiger partial charge in [-0.15, -0.1) is 11.3 Å². The Hall–Kier alpha value is -6.33. The summed E-state index contributed by atoms with van der Waals surface area (Å²) in [6.45, 7) is 9.67. The van der Waals surface area contributed by atoms with Crippen molar-refractivity contribution in [2.75, 3.05) is 20.2 Å². The second-order valence-electron chi connectivity index (χ2n) is 17.5. The Labute approximate surface area is 385 Å². The van der Waals surface area contributed by atoms with Gasteiger partial charge in [-0.2, -0.15) is 0 Å². The molecule has 0 saturated carbocycles. The van der Waals surface area contributed by atoms with Crippen LogP contribution in [0.3, 0.4) is 0 Å². The van der Waals surface area contributed by atoms with Crippen molar-refractivity contribution in [1.82, 2.24) is 30.6 Å². The summed E-state index contributed by atoms with van der Waals surface area (Å²) in [4.78, 5) is 56.1. The van der Waals surface area contributed by atoms with Crippen LogP contribution >= 0.6 is 11.3 Å². The first-order valence-electron chi connectivity index (χ1n) is 23.2. The van der Waals surface area contributed by atoms with Gasteiger partial charge in [0.25, 0.3) is 5.91 Å². The van der Waals surface area contributed by atoms with Crippen LogP contribution in [0.1, 0.15) is 135 Å². The van der Waals surface area contributed by atoms with Gasteiger partial charge in [-0.3, -0.25) is 14.4 Å². The SMILES string of the molecule is COC(=O)CCC1=C(C)c2cc3[nH]c(cc3C)cc3[nH]c(cc4nc(cc1n2)C(CCC(=O)NCCCCCCCCCCNC(=O)c1cc2ccccc2c2ccsc12)=C4C)cc3C. The highest BCUT2D eigenvalue weighted by Gasteiger charge is 2.23. The number of benzene rings is 2. The maximum absolute atomic E-state index is 13.2. The predicted octanol–water partition coefficient (Wildman–Crippen LogP) is 12.6. The van der Waals surface area contributed by atoms with E-state index in [0.29, 0.717) is 32.4 Å². The van der Waals surface area contributed by atoms with E-state index >= 15 is 0 Å². The average Bonchev–Trinajstić information content (AvgIpc) is 4.12. The number of esters is 1. The van der Waals surface area contributed by atoms with Gasteiger partial charge in [0.05, 0.1) is 35.4 Å². The zero-order valence-electron chi connectivity index (χ0n) is 38.3. The Morgan fingerprint density at radius 3 is 1.88 bits per heavy atom. The van der Waals surface area contributed by atoms with Crippen LogP contribution in [0.4, 0.5) is 0 Å². The molecule has 6 aromatic rings. The zero-order valence-corrected chi connectivity index (χ0v) is 39.2. The van der Waals surface area contributed by atoms with E-state index in [0.717, 1.165) is 138 Å². The molecule has 8 bridgehead atoms. The predicted molar refractivity (Wildman–Crippen MR) is 268 cm³/mol. The second-order valence-corrected chi connectivity index (χ2v) is 18.4. The summed E-state index contributed by atoms with van der Waals surface area (Å²) in [5.74, 6) is -0.224. The third-order valence-electron chi connectivity index (χ3n) is 12.9. The molecule has 0 saturated heterocycles. The van der Waals surface area contributed by atoms with Gasteiger partial charge in [0.15, 0.2) is 0 Å². The van der Waals surface area contributed by atoms with Crippen LogP contribution in [0.2, 0.25) is 0 Å². The van der Waals surface area contributed by atoms with Gasteiger partial charge in [-0.25, -0.2) is 9.97 Å². The number of carbonyl (C=O) groups is 3. The first kappa shape index (κ1) is 45.2. The molecule has 0 radical (unpaired) electrons. The number of allylic oxidation sites excluding steroid dienone is 4. The first-order valence-corrected chi connectivity index (χ1v) is 24.1. The Bertz CT molecular complexity index is 3000. The Kier molecular flexibility index (Phi) is 14.4. The number of amides is 2. The smallest absolute Gasteiger partial charge is 0.305 e. The minimum absolute atomic E-state index is 0.00963. The molecule has 2 aliphatic rings. The van der Waals surface area contributed by atoms with E-state index in [-0.39, 0.29) is 24.2 Å². The topological polar surface area (TPSA) is 142 Å². The largest absolute Gasteiger partial charge is 0.469 e. The lowest BCUT2D eigenvalue weighted by atomic mass is 9.98. The third-order valence-corrected chi connectivity index (χ3v) is 13.8. The van der Waals surface area contributed by atoms with Gasteiger partial charge in [-0.05, 0) is 151 Å². The number of unbranched alkanes of at least 4 members (excludes halogenated alkanes) is 7. The number of nitrogens with zero attached hydrogens (tertiary/aromatic N) is 2. The molecule has 65 heavy (non-hydrogen) atoms. The standard InChI is InChI=1S/C54H60N6O4S/c1-33-26-39-30-47-35(3)40(49(59-47)32-50-41(19-21-52(62)64-5)36(4)48(60-50)31-46-34(2)27-38(58-46)29-45(33)57-39)18-20-51(61)55-23-14-10-8-6-7-9-11-15-24-56-54(63)44-28-37-16-12-13-17-42(37)43-22-25-65-53(43)44/h12-13,16-17,22,25-32,57-58H,6-11,14-15,18-21,23-24H2,1-5H3,(H,55,61)(H,56,63). The first-order chi connectivity index (χ1) is 31.6. The highest BCUT2D eigenvalue weighted by Crippen LogP contribution is 2.38. The van der Waals surface area contributed by atoms with E-state index in [2.05, 4.69) is 102 Å². The molecule has 8 rings (SSSR count). The molecule has 0 unspecified atom stereocenters. The van der Waals surface area contributed by atoms with Crippen molar-refractivity contribution in [2.24, 2.45) is 0 Å². The molecule has 4 aromatic heterocycles. The maximum Gasteiger partial charge on any atom is 0.305 e. The molecule has 4 N–H and O–H groups in total. The van der Waals surface area contributed by atoms with Gasteiger partial charge in [-0.1, -0.05) is 62.8 Å². The molecular weight excluding hydrogens is 829 g/mol. The molecular formula is C54H60N6O4S. The number of aryl methyl sites for hydroxylation is 2. The maximum atomic E-state index is 13.2. The molecule has 336 valence electrons. The number of hydrogen-bond donors (Lipinski definition) is 4. The van der Waals surface area contributed by atoms with Crippen LogP contribution in [-0.4, -0.2) is 57.9 Å². The summed E-state index contributed by atoms with van der Waals surface area (Å²) in [5.41, 5.74) is 14.2. The van der Waals surface area contributed by atoms with Crippen LogP contribution in [0.5, 0.6) is 0 Å². The molecule has 0 spiro atoms. The van der Waals surface area contributed by atoms with Crippen LogP contribution in [-0.2, 0) is 14.3 Å². The van der Waals surface area contributed by atoms with Crippen molar-refractivity contribution in [1.29, 1.82) is 0 Å². The lowest BCUT2D eigenvalue weighted by Gasteiger charge is -2.09. The summed E-state index contributed by atoms with van der Waals surface area (Å²) in [7, 11) is 1.41. The number of fused-ring (bicyclic) bond motifs is 11.